The Morgan fingerprint density at radius 3 is 2.39 bits per heavy atom. The normalized spacial score (nSPS) is 15.1. The van der Waals surface area contributed by atoms with Gasteiger partial charge in [0.1, 0.15) is 6.54 Å². The highest BCUT2D eigenvalue weighted by molar-refractivity contribution is 7.89. The lowest BCUT2D eigenvalue weighted by molar-refractivity contribution is 0.243. The fourth-order valence-corrected chi connectivity index (χ4v) is 5.36. The second-order valence-corrected chi connectivity index (χ2v) is 9.57. The number of sulfonamides is 1. The molecule has 4 rings (SSSR count). The van der Waals surface area contributed by atoms with Gasteiger partial charge in [0.05, 0.1) is 10.4 Å². The van der Waals surface area contributed by atoms with Crippen LogP contribution < -0.4 is 5.32 Å². The van der Waals surface area contributed by atoms with Crippen molar-refractivity contribution in [1.29, 1.82) is 0 Å². The molecule has 0 atom stereocenters. The summed E-state index contributed by atoms with van der Waals surface area (Å²) in [6, 6.07) is 13.6. The van der Waals surface area contributed by atoms with Crippen molar-refractivity contribution in [2.75, 3.05) is 13.1 Å². The summed E-state index contributed by atoms with van der Waals surface area (Å²) in [6.07, 6.45) is 4.53. The number of aromatic nitrogens is 1. The number of nitrogens with zero attached hydrogens (tertiary/aromatic N) is 3. The molecule has 2 heterocycles. The molecule has 31 heavy (non-hydrogen) atoms. The van der Waals surface area contributed by atoms with Crippen LogP contribution in [0.1, 0.15) is 30.4 Å². The van der Waals surface area contributed by atoms with Gasteiger partial charge in [-0.3, -0.25) is 4.57 Å². The van der Waals surface area contributed by atoms with Gasteiger partial charge >= 0.3 is 6.03 Å². The van der Waals surface area contributed by atoms with E-state index in [4.69, 9.17) is 0 Å². The third-order valence-corrected chi connectivity index (χ3v) is 7.45. The molecule has 1 amide bonds. The second kappa shape index (κ2) is 8.99. The summed E-state index contributed by atoms with van der Waals surface area (Å²) >= 11 is 0. The highest BCUT2D eigenvalue weighted by Crippen LogP contribution is 2.21. The molecule has 8 nitrogen and oxygen atoms in total. The van der Waals surface area contributed by atoms with E-state index < -0.39 is 10.0 Å². The topological polar surface area (TPSA) is 101 Å². The number of piperidine rings is 1. The van der Waals surface area contributed by atoms with E-state index in [0.717, 1.165) is 41.3 Å². The van der Waals surface area contributed by atoms with Crippen LogP contribution in [0.2, 0.25) is 0 Å². The van der Waals surface area contributed by atoms with Crippen LogP contribution in [0.3, 0.4) is 0 Å². The third kappa shape index (κ3) is 4.52. The molecule has 1 aliphatic heterocycles. The first-order valence-corrected chi connectivity index (χ1v) is 11.7. The summed E-state index contributed by atoms with van der Waals surface area (Å²) in [5, 5.41) is 6.59. The first-order valence-electron chi connectivity index (χ1n) is 10.3. The zero-order valence-corrected chi connectivity index (χ0v) is 17.8. The van der Waals surface area contributed by atoms with Gasteiger partial charge in [-0.2, -0.15) is 9.21 Å². The lowest BCUT2D eigenvalue weighted by Crippen LogP contribution is -2.35. The van der Waals surface area contributed by atoms with Gasteiger partial charge in [0, 0.05) is 31.2 Å². The van der Waals surface area contributed by atoms with Crippen LogP contribution in [0.5, 0.6) is 0 Å². The lowest BCUT2D eigenvalue weighted by atomic mass is 10.1. The third-order valence-electron chi connectivity index (χ3n) is 5.54. The molecule has 1 aromatic heterocycles. The van der Waals surface area contributed by atoms with Gasteiger partial charge in [-0.1, -0.05) is 29.8 Å². The molecule has 1 fully saturated rings. The van der Waals surface area contributed by atoms with Crippen LogP contribution in [0.4, 0.5) is 4.79 Å². The predicted octanol–water partition coefficient (Wildman–Crippen LogP) is 3.84. The van der Waals surface area contributed by atoms with Crippen molar-refractivity contribution in [2.45, 2.75) is 37.2 Å². The first-order chi connectivity index (χ1) is 15.0. The number of nitroso groups, excluding NO2 is 1. The van der Waals surface area contributed by atoms with Gasteiger partial charge in [0.25, 0.3) is 0 Å². The molecular weight excluding hydrogens is 416 g/mol. The van der Waals surface area contributed by atoms with E-state index in [2.05, 4.69) is 10.5 Å². The second-order valence-electron chi connectivity index (χ2n) is 7.63. The first kappa shape index (κ1) is 21.2. The summed E-state index contributed by atoms with van der Waals surface area (Å²) in [4.78, 5) is 23.3. The molecular formula is C22H24N4O4S. The Balaban J connectivity index is 1.42. The minimum atomic E-state index is -3.46. The van der Waals surface area contributed by atoms with Gasteiger partial charge in [-0.15, -0.1) is 0 Å². The van der Waals surface area contributed by atoms with E-state index in [-0.39, 0.29) is 24.0 Å². The van der Waals surface area contributed by atoms with Gasteiger partial charge in [0.2, 0.25) is 10.0 Å². The highest BCUT2D eigenvalue weighted by Gasteiger charge is 2.25. The van der Waals surface area contributed by atoms with Crippen molar-refractivity contribution >= 4 is 27.0 Å². The minimum absolute atomic E-state index is 0.0940. The maximum absolute atomic E-state index is 12.7. The Labute approximate surface area is 180 Å². The molecule has 9 heteroatoms. The number of rotatable bonds is 6. The van der Waals surface area contributed by atoms with Gasteiger partial charge in [0.15, 0.2) is 0 Å². The summed E-state index contributed by atoms with van der Waals surface area (Å²) in [5.74, 6) is 0. The molecule has 162 valence electrons. The van der Waals surface area contributed by atoms with Gasteiger partial charge in [-0.05, 0) is 54.3 Å². The largest absolute Gasteiger partial charge is 0.333 e. The maximum atomic E-state index is 12.7. The van der Waals surface area contributed by atoms with Crippen LogP contribution in [-0.4, -0.2) is 36.4 Å². The number of carbonyl (C=O) groups is 1. The average molecular weight is 441 g/mol. The van der Waals surface area contributed by atoms with E-state index in [9.17, 15) is 18.1 Å². The summed E-state index contributed by atoms with van der Waals surface area (Å²) in [6.45, 7) is 1.50. The number of hydrogen-bond acceptors (Lipinski definition) is 5. The molecule has 1 aliphatic rings. The SMILES string of the molecule is O=NCc1ccc2c(ccn2C(=O)NCc2ccc(S(=O)(=O)N3CCCCC3)cc2)c1. The fraction of sp³-hybridized carbons (Fsp3) is 0.318. The number of nitrogens with one attached hydrogen (secondary N) is 1. The molecule has 0 bridgehead atoms. The van der Waals surface area contributed by atoms with Crippen molar-refractivity contribution in [3.63, 3.8) is 0 Å². The van der Waals surface area contributed by atoms with Crippen molar-refractivity contribution in [1.82, 2.24) is 14.2 Å². The predicted molar refractivity (Wildman–Crippen MR) is 118 cm³/mol. The van der Waals surface area contributed by atoms with Crippen LogP contribution >= 0.6 is 0 Å². The Hall–Kier alpha value is -3.04. The van der Waals surface area contributed by atoms with Crippen LogP contribution in [0.25, 0.3) is 10.9 Å². The van der Waals surface area contributed by atoms with Gasteiger partial charge < -0.3 is 5.32 Å². The van der Waals surface area contributed by atoms with Crippen molar-refractivity contribution in [3.05, 3.63) is 70.8 Å². The van der Waals surface area contributed by atoms with Crippen LogP contribution in [0, 0.1) is 4.91 Å². The number of carbonyl (C=O) groups excluding carboxylic acids is 1. The molecule has 0 spiro atoms. The van der Waals surface area contributed by atoms with Crippen molar-refractivity contribution in [2.24, 2.45) is 5.18 Å². The molecule has 0 unspecified atom stereocenters. The fourth-order valence-electron chi connectivity index (χ4n) is 3.84. The van der Waals surface area contributed by atoms with Crippen LogP contribution in [0.15, 0.2) is 64.8 Å². The highest BCUT2D eigenvalue weighted by atomic mass is 32.2. The molecule has 1 saturated heterocycles. The van der Waals surface area contributed by atoms with Crippen molar-refractivity contribution < 1.29 is 13.2 Å². The quantitative estimate of drug-likeness (QED) is 0.589. The Morgan fingerprint density at radius 2 is 1.68 bits per heavy atom. The summed E-state index contributed by atoms with van der Waals surface area (Å²) in [5.41, 5.74) is 2.33. The Bertz CT molecular complexity index is 1200. The van der Waals surface area contributed by atoms with Crippen LogP contribution in [-0.2, 0) is 23.1 Å². The molecule has 0 radical (unpaired) electrons. The van der Waals surface area contributed by atoms with E-state index in [1.807, 2.05) is 12.1 Å². The number of amides is 1. The van der Waals surface area contributed by atoms with E-state index >= 15 is 0 Å². The zero-order valence-electron chi connectivity index (χ0n) is 17.0. The molecule has 0 aliphatic carbocycles. The average Bonchev–Trinajstić information content (AvgIpc) is 3.22. The molecule has 0 saturated carbocycles. The number of benzene rings is 2. The number of hydrogen-bond donors (Lipinski definition) is 1. The van der Waals surface area contributed by atoms with E-state index in [1.54, 1.807) is 46.9 Å². The lowest BCUT2D eigenvalue weighted by Gasteiger charge is -2.25. The molecule has 2 aromatic carbocycles. The van der Waals surface area contributed by atoms with E-state index in [0.29, 0.717) is 13.1 Å². The number of fused-ring (bicyclic) bond motifs is 1. The summed E-state index contributed by atoms with van der Waals surface area (Å²) in [7, 11) is -3.46. The smallest absolute Gasteiger partial charge is 0.326 e. The summed E-state index contributed by atoms with van der Waals surface area (Å²) < 4.78 is 28.5. The molecule has 1 N–H and O–H groups in total. The minimum Gasteiger partial charge on any atom is -0.333 e. The standard InChI is InChI=1S/C22H24N4O4S/c27-22(26-13-10-19-14-18(16-24-28)6-9-21(19)26)23-15-17-4-7-20(8-5-17)31(29,30)25-11-2-1-3-12-25/h4-10,13-14H,1-3,11-12,15-16H2,(H,23,27). The zero-order chi connectivity index (χ0) is 21.8. The maximum Gasteiger partial charge on any atom is 0.326 e. The van der Waals surface area contributed by atoms with E-state index in [1.165, 1.54) is 4.57 Å². The Kier molecular flexibility index (Phi) is 6.15. The molecule has 3 aromatic rings. The van der Waals surface area contributed by atoms with Crippen molar-refractivity contribution in [3.8, 4) is 0 Å². The monoisotopic (exact) mass is 440 g/mol. The van der Waals surface area contributed by atoms with Gasteiger partial charge in [-0.25, -0.2) is 13.2 Å². The Morgan fingerprint density at radius 1 is 0.968 bits per heavy atom.